The Labute approximate surface area is 197 Å². The van der Waals surface area contributed by atoms with Crippen LogP contribution in [0.4, 0.5) is 11.4 Å². The first-order chi connectivity index (χ1) is 16.3. The van der Waals surface area contributed by atoms with Gasteiger partial charge in [0.2, 0.25) is 0 Å². The minimum absolute atomic E-state index is 0.00521. The van der Waals surface area contributed by atoms with E-state index in [2.05, 4.69) is 5.32 Å². The molecule has 8 nitrogen and oxygen atoms in total. The standard InChI is InChI=1S/C25H21N3O5S/c1-17(24(29)27-22-11-4-2-8-20(22)16-26)33-25(30)19-9-6-10-21(15-19)34(31,32)28-14-13-18-7-3-5-12-23(18)28/h2-12,15,17H,13-14H2,1H3,(H,27,29). The zero-order valence-electron chi connectivity index (χ0n) is 18.3. The molecule has 1 N–H and O–H groups in total. The van der Waals surface area contributed by atoms with Gasteiger partial charge in [-0.15, -0.1) is 0 Å². The van der Waals surface area contributed by atoms with Crippen molar-refractivity contribution < 1.29 is 22.7 Å². The molecule has 1 aliphatic rings. The Morgan fingerprint density at radius 3 is 2.59 bits per heavy atom. The molecular weight excluding hydrogens is 454 g/mol. The normalized spacial score (nSPS) is 13.5. The molecule has 9 heteroatoms. The molecule has 0 saturated carbocycles. The molecule has 0 aromatic heterocycles. The number of nitrogens with zero attached hydrogens (tertiary/aromatic N) is 2. The lowest BCUT2D eigenvalue weighted by atomic mass is 10.2. The van der Waals surface area contributed by atoms with Crippen LogP contribution in [0.2, 0.25) is 0 Å². The number of sulfonamides is 1. The fraction of sp³-hybridized carbons (Fsp3) is 0.160. The number of anilines is 2. The van der Waals surface area contributed by atoms with Crippen molar-refractivity contribution in [2.24, 2.45) is 0 Å². The maximum Gasteiger partial charge on any atom is 0.338 e. The highest BCUT2D eigenvalue weighted by Crippen LogP contribution is 2.32. The van der Waals surface area contributed by atoms with Crippen LogP contribution in [0.25, 0.3) is 0 Å². The van der Waals surface area contributed by atoms with E-state index in [9.17, 15) is 18.0 Å². The first-order valence-corrected chi connectivity index (χ1v) is 12.0. The summed E-state index contributed by atoms with van der Waals surface area (Å²) in [7, 11) is -3.89. The molecule has 4 rings (SSSR count). The molecule has 1 amide bonds. The summed E-state index contributed by atoms with van der Waals surface area (Å²) in [6.45, 7) is 1.71. The summed E-state index contributed by atoms with van der Waals surface area (Å²) in [5.74, 6) is -1.46. The van der Waals surface area contributed by atoms with E-state index < -0.39 is 28.0 Å². The molecule has 1 atom stereocenters. The first-order valence-electron chi connectivity index (χ1n) is 10.5. The van der Waals surface area contributed by atoms with Crippen LogP contribution in [0.1, 0.15) is 28.4 Å². The molecule has 0 fully saturated rings. The van der Waals surface area contributed by atoms with E-state index in [1.54, 1.807) is 36.4 Å². The number of carbonyl (C=O) groups is 2. The highest BCUT2D eigenvalue weighted by molar-refractivity contribution is 7.92. The largest absolute Gasteiger partial charge is 0.449 e. The van der Waals surface area contributed by atoms with Crippen LogP contribution in [-0.4, -0.2) is 32.9 Å². The van der Waals surface area contributed by atoms with E-state index in [1.807, 2.05) is 18.2 Å². The second-order valence-corrected chi connectivity index (χ2v) is 9.54. The average Bonchev–Trinajstić information content (AvgIpc) is 3.29. The molecule has 1 aliphatic heterocycles. The molecule has 0 radical (unpaired) electrons. The molecule has 34 heavy (non-hydrogen) atoms. The van der Waals surface area contributed by atoms with Crippen molar-refractivity contribution in [1.82, 2.24) is 0 Å². The van der Waals surface area contributed by atoms with Crippen LogP contribution < -0.4 is 9.62 Å². The third kappa shape index (κ3) is 4.49. The Hall–Kier alpha value is -4.16. The maximum atomic E-state index is 13.2. The predicted molar refractivity (Wildman–Crippen MR) is 126 cm³/mol. The maximum absolute atomic E-state index is 13.2. The van der Waals surface area contributed by atoms with E-state index in [1.165, 1.54) is 35.5 Å². The van der Waals surface area contributed by atoms with Crippen molar-refractivity contribution in [3.05, 3.63) is 89.5 Å². The van der Waals surface area contributed by atoms with Gasteiger partial charge in [0.1, 0.15) is 6.07 Å². The topological polar surface area (TPSA) is 117 Å². The molecular formula is C25H21N3O5S. The summed E-state index contributed by atoms with van der Waals surface area (Å²) < 4.78 is 33.1. The van der Waals surface area contributed by atoms with Gasteiger partial charge < -0.3 is 10.1 Å². The summed E-state index contributed by atoms with van der Waals surface area (Å²) in [4.78, 5) is 25.1. The third-order valence-electron chi connectivity index (χ3n) is 5.46. The third-order valence-corrected chi connectivity index (χ3v) is 7.27. The number of fused-ring (bicyclic) bond motifs is 1. The van der Waals surface area contributed by atoms with Crippen LogP contribution >= 0.6 is 0 Å². The molecule has 0 aliphatic carbocycles. The van der Waals surface area contributed by atoms with Gasteiger partial charge in [0, 0.05) is 6.54 Å². The van der Waals surface area contributed by atoms with Crippen molar-refractivity contribution in [1.29, 1.82) is 5.26 Å². The van der Waals surface area contributed by atoms with Crippen LogP contribution in [-0.2, 0) is 26.0 Å². The number of carbonyl (C=O) groups excluding carboxylic acids is 2. The van der Waals surface area contributed by atoms with Crippen molar-refractivity contribution in [2.75, 3.05) is 16.2 Å². The fourth-order valence-electron chi connectivity index (χ4n) is 3.67. The van der Waals surface area contributed by atoms with Gasteiger partial charge in [0.25, 0.3) is 15.9 Å². The lowest BCUT2D eigenvalue weighted by Gasteiger charge is -2.20. The van der Waals surface area contributed by atoms with Crippen molar-refractivity contribution in [2.45, 2.75) is 24.3 Å². The van der Waals surface area contributed by atoms with E-state index in [-0.39, 0.29) is 16.0 Å². The SMILES string of the molecule is CC(OC(=O)c1cccc(S(=O)(=O)N2CCc3ccccc32)c1)C(=O)Nc1ccccc1C#N. The Morgan fingerprint density at radius 1 is 1.06 bits per heavy atom. The van der Waals surface area contributed by atoms with Gasteiger partial charge in [-0.05, 0) is 55.3 Å². The highest BCUT2D eigenvalue weighted by Gasteiger charge is 2.31. The Morgan fingerprint density at radius 2 is 1.79 bits per heavy atom. The molecule has 0 saturated heterocycles. The van der Waals surface area contributed by atoms with Crippen LogP contribution in [0, 0.1) is 11.3 Å². The first kappa shape index (κ1) is 23.0. The summed E-state index contributed by atoms with van der Waals surface area (Å²) >= 11 is 0. The molecule has 3 aromatic carbocycles. The van der Waals surface area contributed by atoms with Crippen molar-refractivity contribution in [3.63, 3.8) is 0 Å². The van der Waals surface area contributed by atoms with Gasteiger partial charge in [-0.2, -0.15) is 5.26 Å². The summed E-state index contributed by atoms with van der Waals surface area (Å²) in [6, 6.07) is 21.3. The number of esters is 1. The smallest absolute Gasteiger partial charge is 0.338 e. The van der Waals surface area contributed by atoms with Crippen LogP contribution in [0.5, 0.6) is 0 Å². The lowest BCUT2D eigenvalue weighted by Crippen LogP contribution is -2.31. The predicted octanol–water partition coefficient (Wildman–Crippen LogP) is 3.49. The lowest BCUT2D eigenvalue weighted by molar-refractivity contribution is -0.123. The zero-order chi connectivity index (χ0) is 24.3. The van der Waals surface area contributed by atoms with Gasteiger partial charge in [-0.1, -0.05) is 36.4 Å². The quantitative estimate of drug-likeness (QED) is 0.546. The average molecular weight is 476 g/mol. The number of hydrogen-bond donors (Lipinski definition) is 1. The molecule has 1 unspecified atom stereocenters. The second kappa shape index (κ2) is 9.37. The molecule has 172 valence electrons. The van der Waals surface area contributed by atoms with Gasteiger partial charge >= 0.3 is 5.97 Å². The number of nitriles is 1. The number of hydrogen-bond acceptors (Lipinski definition) is 6. The van der Waals surface area contributed by atoms with E-state index >= 15 is 0 Å². The minimum atomic E-state index is -3.89. The zero-order valence-corrected chi connectivity index (χ0v) is 19.1. The number of ether oxygens (including phenoxy) is 1. The summed E-state index contributed by atoms with van der Waals surface area (Å²) in [5.41, 5.74) is 2.15. The van der Waals surface area contributed by atoms with E-state index in [4.69, 9.17) is 10.00 Å². The number of benzene rings is 3. The molecule has 0 bridgehead atoms. The van der Waals surface area contributed by atoms with E-state index in [0.717, 1.165) is 5.56 Å². The Bertz CT molecular complexity index is 1410. The molecule has 3 aromatic rings. The summed E-state index contributed by atoms with van der Waals surface area (Å²) in [6.07, 6.45) is -0.566. The van der Waals surface area contributed by atoms with E-state index in [0.29, 0.717) is 24.3 Å². The van der Waals surface area contributed by atoms with Gasteiger partial charge in [-0.3, -0.25) is 9.10 Å². The number of nitrogens with one attached hydrogen (secondary N) is 1. The monoisotopic (exact) mass is 475 g/mol. The molecule has 1 heterocycles. The van der Waals surface area contributed by atoms with Crippen molar-refractivity contribution in [3.8, 4) is 6.07 Å². The second-order valence-electron chi connectivity index (χ2n) is 7.68. The highest BCUT2D eigenvalue weighted by atomic mass is 32.2. The fourth-order valence-corrected chi connectivity index (χ4v) is 5.22. The van der Waals surface area contributed by atoms with Crippen LogP contribution in [0.3, 0.4) is 0 Å². The Kier molecular flexibility index (Phi) is 6.34. The van der Waals surface area contributed by atoms with Gasteiger partial charge in [0.05, 0.1) is 27.4 Å². The number of para-hydroxylation sites is 2. The minimum Gasteiger partial charge on any atom is -0.449 e. The Balaban J connectivity index is 1.49. The van der Waals surface area contributed by atoms with Crippen LogP contribution in [0.15, 0.2) is 77.7 Å². The van der Waals surface area contributed by atoms with Gasteiger partial charge in [-0.25, -0.2) is 13.2 Å². The number of rotatable bonds is 6. The van der Waals surface area contributed by atoms with Gasteiger partial charge in [0.15, 0.2) is 6.10 Å². The molecule has 0 spiro atoms. The van der Waals surface area contributed by atoms with Crippen molar-refractivity contribution >= 4 is 33.3 Å². The summed E-state index contributed by atoms with van der Waals surface area (Å²) in [5, 5.41) is 11.7. The number of amides is 1.